The Labute approximate surface area is 118 Å². The molecule has 0 radical (unpaired) electrons. The Morgan fingerprint density at radius 1 is 1.42 bits per heavy atom. The number of amides is 1. The summed E-state index contributed by atoms with van der Waals surface area (Å²) in [6.45, 7) is 12.6. The highest BCUT2D eigenvalue weighted by Gasteiger charge is 2.44. The molecule has 0 bridgehead atoms. The van der Waals surface area contributed by atoms with E-state index in [0.717, 1.165) is 32.4 Å². The normalized spacial score (nSPS) is 27.9. The van der Waals surface area contributed by atoms with Crippen LogP contribution >= 0.6 is 0 Å². The lowest BCUT2D eigenvalue weighted by Crippen LogP contribution is -2.43. The lowest BCUT2D eigenvalue weighted by Gasteiger charge is -2.24. The standard InChI is InChI=1S/C15H31N3O/c1-7-15(5)14(19)18(13(4)16-15)11-9-8-10-17(6)12(2)3/h12-13,16H,7-11H2,1-6H3. The van der Waals surface area contributed by atoms with Gasteiger partial charge < -0.3 is 9.80 Å². The molecule has 112 valence electrons. The Hall–Kier alpha value is -0.610. The van der Waals surface area contributed by atoms with Gasteiger partial charge >= 0.3 is 0 Å². The fraction of sp³-hybridized carbons (Fsp3) is 0.933. The summed E-state index contributed by atoms with van der Waals surface area (Å²) in [6, 6.07) is 0.595. The largest absolute Gasteiger partial charge is 0.326 e. The predicted octanol–water partition coefficient (Wildman–Crippen LogP) is 2.05. The van der Waals surface area contributed by atoms with Gasteiger partial charge in [-0.05, 0) is 60.5 Å². The van der Waals surface area contributed by atoms with Crippen LogP contribution < -0.4 is 5.32 Å². The first-order valence-corrected chi connectivity index (χ1v) is 7.61. The number of unbranched alkanes of at least 4 members (excludes halogenated alkanes) is 1. The summed E-state index contributed by atoms with van der Waals surface area (Å²) in [7, 11) is 2.16. The van der Waals surface area contributed by atoms with Crippen molar-refractivity contribution in [2.24, 2.45) is 0 Å². The Morgan fingerprint density at radius 3 is 2.53 bits per heavy atom. The minimum Gasteiger partial charge on any atom is -0.326 e. The highest BCUT2D eigenvalue weighted by Crippen LogP contribution is 2.23. The zero-order valence-corrected chi connectivity index (χ0v) is 13.5. The van der Waals surface area contributed by atoms with Crippen LogP contribution in [0, 0.1) is 0 Å². The van der Waals surface area contributed by atoms with Crippen LogP contribution in [0.5, 0.6) is 0 Å². The van der Waals surface area contributed by atoms with Crippen LogP contribution in [0.15, 0.2) is 0 Å². The van der Waals surface area contributed by atoms with E-state index in [4.69, 9.17) is 0 Å². The van der Waals surface area contributed by atoms with Gasteiger partial charge in [0.1, 0.15) is 0 Å². The lowest BCUT2D eigenvalue weighted by atomic mass is 9.99. The molecule has 0 saturated carbocycles. The Bertz CT molecular complexity index is 306. The molecule has 1 amide bonds. The van der Waals surface area contributed by atoms with Crippen LogP contribution in [0.2, 0.25) is 0 Å². The second-order valence-corrected chi connectivity index (χ2v) is 6.29. The average molecular weight is 269 g/mol. The number of hydrogen-bond acceptors (Lipinski definition) is 3. The summed E-state index contributed by atoms with van der Waals surface area (Å²) in [4.78, 5) is 16.7. The van der Waals surface area contributed by atoms with E-state index in [1.807, 2.05) is 11.8 Å². The third kappa shape index (κ3) is 3.93. The zero-order chi connectivity index (χ0) is 14.6. The van der Waals surface area contributed by atoms with Crippen LogP contribution in [0.4, 0.5) is 0 Å². The van der Waals surface area contributed by atoms with Crippen molar-refractivity contribution >= 4 is 5.91 Å². The van der Waals surface area contributed by atoms with Crippen molar-refractivity contribution in [3.63, 3.8) is 0 Å². The smallest absolute Gasteiger partial charge is 0.243 e. The molecule has 1 fully saturated rings. The quantitative estimate of drug-likeness (QED) is 0.719. The van der Waals surface area contributed by atoms with Gasteiger partial charge in [-0.2, -0.15) is 0 Å². The Morgan fingerprint density at radius 2 is 2.05 bits per heavy atom. The first-order valence-electron chi connectivity index (χ1n) is 7.61. The van der Waals surface area contributed by atoms with Gasteiger partial charge in [0, 0.05) is 12.6 Å². The number of nitrogens with one attached hydrogen (secondary N) is 1. The molecule has 0 aliphatic carbocycles. The van der Waals surface area contributed by atoms with Gasteiger partial charge in [-0.1, -0.05) is 6.92 Å². The summed E-state index contributed by atoms with van der Waals surface area (Å²) in [5, 5.41) is 3.41. The monoisotopic (exact) mass is 269 g/mol. The maximum absolute atomic E-state index is 12.4. The molecule has 1 saturated heterocycles. The molecular weight excluding hydrogens is 238 g/mol. The molecule has 1 aliphatic heterocycles. The Kier molecular flexibility index (Phi) is 5.81. The lowest BCUT2D eigenvalue weighted by molar-refractivity contribution is -0.132. The van der Waals surface area contributed by atoms with E-state index in [-0.39, 0.29) is 17.6 Å². The molecule has 0 aromatic heterocycles. The molecule has 4 nitrogen and oxygen atoms in total. The second kappa shape index (κ2) is 6.71. The number of hydrogen-bond donors (Lipinski definition) is 1. The fourth-order valence-electron chi connectivity index (χ4n) is 2.54. The van der Waals surface area contributed by atoms with E-state index in [1.54, 1.807) is 0 Å². The van der Waals surface area contributed by atoms with Gasteiger partial charge in [-0.3, -0.25) is 10.1 Å². The van der Waals surface area contributed by atoms with E-state index < -0.39 is 0 Å². The van der Waals surface area contributed by atoms with Crippen molar-refractivity contribution in [3.05, 3.63) is 0 Å². The molecule has 0 spiro atoms. The molecular formula is C15H31N3O. The third-order valence-corrected chi connectivity index (χ3v) is 4.48. The summed E-state index contributed by atoms with van der Waals surface area (Å²) in [5.41, 5.74) is -0.353. The minimum atomic E-state index is -0.353. The van der Waals surface area contributed by atoms with Gasteiger partial charge in [0.25, 0.3) is 0 Å². The maximum Gasteiger partial charge on any atom is 0.243 e. The first-order chi connectivity index (χ1) is 8.81. The molecule has 0 aromatic rings. The van der Waals surface area contributed by atoms with E-state index in [1.165, 1.54) is 0 Å². The highest BCUT2D eigenvalue weighted by atomic mass is 16.2. The Balaban J connectivity index is 2.36. The molecule has 1 aliphatic rings. The third-order valence-electron chi connectivity index (χ3n) is 4.48. The van der Waals surface area contributed by atoms with Gasteiger partial charge in [0.05, 0.1) is 11.7 Å². The summed E-state index contributed by atoms with van der Waals surface area (Å²) < 4.78 is 0. The average Bonchev–Trinajstić information content (AvgIpc) is 2.57. The first kappa shape index (κ1) is 16.4. The molecule has 2 unspecified atom stereocenters. The molecule has 0 aromatic carbocycles. The number of rotatable bonds is 7. The van der Waals surface area contributed by atoms with Crippen LogP contribution in [0.25, 0.3) is 0 Å². The zero-order valence-electron chi connectivity index (χ0n) is 13.5. The van der Waals surface area contributed by atoms with Crippen molar-refractivity contribution < 1.29 is 4.79 Å². The summed E-state index contributed by atoms with van der Waals surface area (Å²) >= 11 is 0. The van der Waals surface area contributed by atoms with E-state index in [9.17, 15) is 4.79 Å². The predicted molar refractivity (Wildman–Crippen MR) is 80.0 cm³/mol. The highest BCUT2D eigenvalue weighted by molar-refractivity contribution is 5.88. The second-order valence-electron chi connectivity index (χ2n) is 6.29. The van der Waals surface area contributed by atoms with Crippen LogP contribution in [0.3, 0.4) is 0 Å². The van der Waals surface area contributed by atoms with Crippen LogP contribution in [-0.2, 0) is 4.79 Å². The number of nitrogens with zero attached hydrogens (tertiary/aromatic N) is 2. The van der Waals surface area contributed by atoms with E-state index >= 15 is 0 Å². The van der Waals surface area contributed by atoms with Crippen LogP contribution in [0.1, 0.15) is 53.9 Å². The fourth-order valence-corrected chi connectivity index (χ4v) is 2.54. The maximum atomic E-state index is 12.4. The van der Waals surface area contributed by atoms with Crippen molar-refractivity contribution in [1.82, 2.24) is 15.1 Å². The van der Waals surface area contributed by atoms with E-state index in [0.29, 0.717) is 6.04 Å². The topological polar surface area (TPSA) is 35.6 Å². The molecule has 1 rings (SSSR count). The summed E-state index contributed by atoms with van der Waals surface area (Å²) in [5.74, 6) is 0.264. The summed E-state index contributed by atoms with van der Waals surface area (Å²) in [6.07, 6.45) is 3.24. The number of carbonyl (C=O) groups excluding carboxylic acids is 1. The van der Waals surface area contributed by atoms with Crippen molar-refractivity contribution in [1.29, 1.82) is 0 Å². The molecule has 4 heteroatoms. The van der Waals surface area contributed by atoms with E-state index in [2.05, 4.69) is 45.0 Å². The van der Waals surface area contributed by atoms with Crippen molar-refractivity contribution in [2.45, 2.75) is 71.6 Å². The molecule has 2 atom stereocenters. The van der Waals surface area contributed by atoms with Gasteiger partial charge in [0.15, 0.2) is 0 Å². The number of carbonyl (C=O) groups is 1. The minimum absolute atomic E-state index is 0.167. The van der Waals surface area contributed by atoms with Gasteiger partial charge in [-0.25, -0.2) is 0 Å². The van der Waals surface area contributed by atoms with Gasteiger partial charge in [-0.15, -0.1) is 0 Å². The van der Waals surface area contributed by atoms with Gasteiger partial charge in [0.2, 0.25) is 5.91 Å². The van der Waals surface area contributed by atoms with Crippen LogP contribution in [-0.4, -0.2) is 53.6 Å². The molecule has 1 heterocycles. The SMILES string of the molecule is CCC1(C)NC(C)N(CCCCN(C)C(C)C)C1=O. The van der Waals surface area contributed by atoms with Crippen molar-refractivity contribution in [3.8, 4) is 0 Å². The molecule has 1 N–H and O–H groups in total. The van der Waals surface area contributed by atoms with Crippen molar-refractivity contribution in [2.75, 3.05) is 20.1 Å². The molecule has 19 heavy (non-hydrogen) atoms.